The molecule has 1 aromatic heterocycles. The summed E-state index contributed by atoms with van der Waals surface area (Å²) in [5.41, 5.74) is 10.4. The summed E-state index contributed by atoms with van der Waals surface area (Å²) < 4.78 is 34.1. The van der Waals surface area contributed by atoms with Gasteiger partial charge in [-0.15, -0.1) is 0 Å². The molecule has 0 aliphatic carbocycles. The van der Waals surface area contributed by atoms with Crippen molar-refractivity contribution in [3.63, 3.8) is 0 Å². The van der Waals surface area contributed by atoms with Gasteiger partial charge in [0.05, 0.1) is 58.4 Å². The van der Waals surface area contributed by atoms with Gasteiger partial charge < -0.3 is 33.5 Å². The van der Waals surface area contributed by atoms with Crippen molar-refractivity contribution in [3.8, 4) is 17.6 Å². The van der Waals surface area contributed by atoms with Crippen molar-refractivity contribution >= 4 is 0 Å². The summed E-state index contributed by atoms with van der Waals surface area (Å²) in [5, 5.41) is 14.1. The first-order chi connectivity index (χ1) is 16.1. The molecule has 1 aromatic carbocycles. The molecule has 0 saturated carbocycles. The van der Waals surface area contributed by atoms with Crippen molar-refractivity contribution in [1.82, 2.24) is 9.97 Å². The van der Waals surface area contributed by atoms with Crippen LogP contribution in [0.3, 0.4) is 0 Å². The number of ether oxygens (including phenoxy) is 6. The van der Waals surface area contributed by atoms with Crippen molar-refractivity contribution in [2.75, 3.05) is 27.9 Å². The second kappa shape index (κ2) is 10.2. The molecule has 176 valence electrons. The first kappa shape index (κ1) is 23.0. The summed E-state index contributed by atoms with van der Waals surface area (Å²) in [7, 11) is 4.53. The van der Waals surface area contributed by atoms with E-state index in [1.54, 1.807) is 7.11 Å². The molecule has 12 heteroatoms. The second-order valence-corrected chi connectivity index (χ2v) is 7.53. The number of aliphatic hydroxyl groups is 1. The Bertz CT molecular complexity index is 1000. The number of methoxy groups -OCH3 is 3. The average molecular weight is 459 g/mol. The van der Waals surface area contributed by atoms with Crippen LogP contribution in [0.1, 0.15) is 17.2 Å². The minimum Gasteiger partial charge on any atom is -0.497 e. The predicted octanol–water partition coefficient (Wildman–Crippen LogP) is 1.97. The summed E-state index contributed by atoms with van der Waals surface area (Å²) in [6, 6.07) is 6.78. The Labute approximate surface area is 190 Å². The molecule has 33 heavy (non-hydrogen) atoms. The van der Waals surface area contributed by atoms with Crippen LogP contribution in [0.4, 0.5) is 0 Å². The highest BCUT2D eigenvalue weighted by Gasteiger charge is 2.54. The van der Waals surface area contributed by atoms with Crippen molar-refractivity contribution in [2.24, 2.45) is 5.11 Å². The highest BCUT2D eigenvalue weighted by Crippen LogP contribution is 2.44. The molecule has 0 spiro atoms. The van der Waals surface area contributed by atoms with E-state index in [-0.39, 0.29) is 25.1 Å². The fourth-order valence-corrected chi connectivity index (χ4v) is 4.04. The van der Waals surface area contributed by atoms with Crippen LogP contribution in [-0.2, 0) is 20.8 Å². The molecule has 2 aliphatic heterocycles. The van der Waals surface area contributed by atoms with Crippen molar-refractivity contribution in [3.05, 3.63) is 52.0 Å². The van der Waals surface area contributed by atoms with E-state index >= 15 is 0 Å². The molecule has 1 unspecified atom stereocenters. The van der Waals surface area contributed by atoms with Gasteiger partial charge in [-0.05, 0) is 23.2 Å². The number of nitrogens with zero attached hydrogens (tertiary/aromatic N) is 5. The predicted molar refractivity (Wildman–Crippen MR) is 113 cm³/mol. The lowest BCUT2D eigenvalue weighted by Gasteiger charge is -2.35. The number of hydrogen-bond donors (Lipinski definition) is 1. The monoisotopic (exact) mass is 459 g/mol. The maximum atomic E-state index is 10.3. The van der Waals surface area contributed by atoms with Crippen LogP contribution in [0.15, 0.2) is 35.6 Å². The molecule has 2 aliphatic rings. The van der Waals surface area contributed by atoms with E-state index in [1.165, 1.54) is 20.4 Å². The number of aliphatic hydroxyl groups excluding tert-OH is 1. The second-order valence-electron chi connectivity index (χ2n) is 7.53. The fraction of sp³-hybridized carbons (Fsp3) is 0.524. The number of benzene rings is 1. The molecule has 0 radical (unpaired) electrons. The highest BCUT2D eigenvalue weighted by atomic mass is 16.6. The zero-order chi connectivity index (χ0) is 23.4. The van der Waals surface area contributed by atoms with Crippen LogP contribution in [0.2, 0.25) is 0 Å². The molecule has 0 amide bonds. The smallest absolute Gasteiger partial charge is 0.319 e. The Morgan fingerprint density at radius 3 is 2.61 bits per heavy atom. The van der Waals surface area contributed by atoms with E-state index in [1.807, 2.05) is 24.3 Å². The highest BCUT2D eigenvalue weighted by molar-refractivity contribution is 5.31. The van der Waals surface area contributed by atoms with Gasteiger partial charge in [0.1, 0.15) is 24.1 Å². The molecule has 6 atom stereocenters. The minimum absolute atomic E-state index is 0.0143. The average Bonchev–Trinajstić information content (AvgIpc) is 3.22. The quantitative estimate of drug-likeness (QED) is 0.355. The van der Waals surface area contributed by atoms with Gasteiger partial charge in [0.2, 0.25) is 5.88 Å². The summed E-state index contributed by atoms with van der Waals surface area (Å²) in [6.07, 6.45) is -2.12. The Morgan fingerprint density at radius 1 is 1.15 bits per heavy atom. The SMILES string of the molecule is COc1ccc(COC2[C@H](c3cnc(OC)nc3OC)O[C@@H]3[C@H](N=[N+]=[N-])[C@@H](O)CO[C@@H]23)cc1. The van der Waals surface area contributed by atoms with E-state index in [0.29, 0.717) is 5.56 Å². The lowest BCUT2D eigenvalue weighted by atomic mass is 9.94. The number of rotatable bonds is 8. The minimum atomic E-state index is -1.00. The van der Waals surface area contributed by atoms with Gasteiger partial charge in [-0.25, -0.2) is 4.98 Å². The topological polar surface area (TPSA) is 150 Å². The van der Waals surface area contributed by atoms with Gasteiger partial charge >= 0.3 is 6.01 Å². The molecule has 1 N–H and O–H groups in total. The van der Waals surface area contributed by atoms with E-state index < -0.39 is 36.6 Å². The molecule has 12 nitrogen and oxygen atoms in total. The Morgan fingerprint density at radius 2 is 1.94 bits per heavy atom. The number of azide groups is 1. The first-order valence-corrected chi connectivity index (χ1v) is 10.3. The molecule has 3 heterocycles. The molecule has 2 aromatic rings. The van der Waals surface area contributed by atoms with Crippen LogP contribution >= 0.6 is 0 Å². The summed E-state index contributed by atoms with van der Waals surface area (Å²) in [4.78, 5) is 11.3. The van der Waals surface area contributed by atoms with Crippen LogP contribution in [-0.4, -0.2) is 73.5 Å². The van der Waals surface area contributed by atoms with Crippen molar-refractivity contribution < 1.29 is 33.5 Å². The number of aromatic nitrogens is 2. The van der Waals surface area contributed by atoms with Crippen molar-refractivity contribution in [1.29, 1.82) is 0 Å². The normalized spacial score (nSPS) is 28.5. The lowest BCUT2D eigenvalue weighted by molar-refractivity contribution is -0.136. The zero-order valence-electron chi connectivity index (χ0n) is 18.4. The first-order valence-electron chi connectivity index (χ1n) is 10.3. The molecular formula is C21H25N5O7. The Balaban J connectivity index is 1.65. The zero-order valence-corrected chi connectivity index (χ0v) is 18.4. The van der Waals surface area contributed by atoms with E-state index in [0.717, 1.165) is 11.3 Å². The molecule has 4 rings (SSSR count). The molecule has 2 fully saturated rings. The largest absolute Gasteiger partial charge is 0.497 e. The third kappa shape index (κ3) is 4.65. The number of fused-ring (bicyclic) bond motifs is 1. The molecular weight excluding hydrogens is 434 g/mol. The maximum Gasteiger partial charge on any atom is 0.319 e. The summed E-state index contributed by atoms with van der Waals surface area (Å²) in [6.45, 7) is 0.245. The third-order valence-electron chi connectivity index (χ3n) is 5.67. The lowest BCUT2D eigenvalue weighted by Crippen LogP contribution is -2.52. The van der Waals surface area contributed by atoms with E-state index in [2.05, 4.69) is 20.0 Å². The van der Waals surface area contributed by atoms with Gasteiger partial charge in [-0.3, -0.25) is 0 Å². The summed E-state index contributed by atoms with van der Waals surface area (Å²) >= 11 is 0. The van der Waals surface area contributed by atoms with Crippen molar-refractivity contribution in [2.45, 2.75) is 43.2 Å². The van der Waals surface area contributed by atoms with E-state index in [4.69, 9.17) is 34.0 Å². The third-order valence-corrected chi connectivity index (χ3v) is 5.67. The van der Waals surface area contributed by atoms with Gasteiger partial charge in [0.15, 0.2) is 0 Å². The summed E-state index contributed by atoms with van der Waals surface area (Å²) in [5.74, 6) is 0.993. The molecule has 0 bridgehead atoms. The maximum absolute atomic E-state index is 10.3. The van der Waals surface area contributed by atoms with Crippen LogP contribution in [0.5, 0.6) is 17.6 Å². The Kier molecular flexibility index (Phi) is 7.11. The van der Waals surface area contributed by atoms with Crippen LogP contribution < -0.4 is 14.2 Å². The molecule has 2 saturated heterocycles. The fourth-order valence-electron chi connectivity index (χ4n) is 4.04. The van der Waals surface area contributed by atoms with Crippen LogP contribution in [0.25, 0.3) is 10.4 Å². The number of hydrogen-bond acceptors (Lipinski definition) is 10. The standard InChI is InChI=1S/C21H25N5O7/c1-28-12-6-4-11(5-7-12)9-31-18-16(13-8-23-21(30-3)24-20(13)29-2)33-17-15(25-26-22)14(27)10-32-19(17)18/h4-8,14-19,27H,9-10H2,1-3H3/t14-,15+,16-,17+,18?,19+/m0/s1. The van der Waals surface area contributed by atoms with Gasteiger partial charge in [0.25, 0.3) is 0 Å². The van der Waals surface area contributed by atoms with Gasteiger partial charge in [0, 0.05) is 11.1 Å². The van der Waals surface area contributed by atoms with E-state index in [9.17, 15) is 5.11 Å². The van der Waals surface area contributed by atoms with Crippen LogP contribution in [0, 0.1) is 0 Å². The van der Waals surface area contributed by atoms with Gasteiger partial charge in [-0.2, -0.15) is 4.98 Å². The van der Waals surface area contributed by atoms with Gasteiger partial charge in [-0.1, -0.05) is 17.2 Å². The Hall–Kier alpha value is -3.15.